The summed E-state index contributed by atoms with van der Waals surface area (Å²) in [6, 6.07) is 0.477. The Morgan fingerprint density at radius 2 is 1.81 bits per heavy atom. The van der Waals surface area contributed by atoms with Crippen LogP contribution in [0.25, 0.3) is 0 Å². The van der Waals surface area contributed by atoms with E-state index in [1.54, 1.807) is 21.3 Å². The smallest absolute Gasteiger partial charge is 0.377 e. The SMILES string of the molecule is CCC(C1CCCCN1)[Si](OC)(OC)OC. The lowest BCUT2D eigenvalue weighted by atomic mass is 10.0. The normalized spacial score (nSPS) is 24.4. The van der Waals surface area contributed by atoms with E-state index in [1.807, 2.05) is 0 Å². The average molecular weight is 247 g/mol. The molecule has 4 nitrogen and oxygen atoms in total. The summed E-state index contributed by atoms with van der Waals surface area (Å²) in [5.41, 5.74) is 0.354. The van der Waals surface area contributed by atoms with Crippen molar-refractivity contribution in [3.63, 3.8) is 0 Å². The van der Waals surface area contributed by atoms with Gasteiger partial charge in [0.05, 0.1) is 0 Å². The van der Waals surface area contributed by atoms with Crippen LogP contribution in [0.5, 0.6) is 0 Å². The highest BCUT2D eigenvalue weighted by Crippen LogP contribution is 2.34. The molecule has 0 amide bonds. The molecule has 0 aromatic heterocycles. The van der Waals surface area contributed by atoms with Crippen molar-refractivity contribution >= 4 is 8.80 Å². The molecule has 0 aromatic carbocycles. The summed E-state index contributed by atoms with van der Waals surface area (Å²) in [6.07, 6.45) is 4.78. The summed E-state index contributed by atoms with van der Waals surface area (Å²) in [6.45, 7) is 3.28. The zero-order chi connectivity index (χ0) is 12.0. The van der Waals surface area contributed by atoms with Crippen molar-refractivity contribution in [3.8, 4) is 0 Å². The molecule has 0 aliphatic carbocycles. The fourth-order valence-electron chi connectivity index (χ4n) is 2.71. The summed E-state index contributed by atoms with van der Waals surface area (Å²) in [5, 5.41) is 3.57. The summed E-state index contributed by atoms with van der Waals surface area (Å²) < 4.78 is 16.8. The van der Waals surface area contributed by atoms with Gasteiger partial charge in [0.15, 0.2) is 0 Å². The van der Waals surface area contributed by atoms with Gasteiger partial charge in [-0.15, -0.1) is 0 Å². The molecule has 96 valence electrons. The van der Waals surface area contributed by atoms with Crippen LogP contribution in [0.1, 0.15) is 32.6 Å². The predicted molar refractivity (Wildman–Crippen MR) is 66.5 cm³/mol. The molecular formula is C11H25NO3Si. The summed E-state index contributed by atoms with van der Waals surface area (Å²) in [4.78, 5) is 0. The molecule has 0 radical (unpaired) electrons. The Morgan fingerprint density at radius 3 is 2.19 bits per heavy atom. The van der Waals surface area contributed by atoms with E-state index in [9.17, 15) is 0 Å². The van der Waals surface area contributed by atoms with Gasteiger partial charge in [0.1, 0.15) is 0 Å². The quantitative estimate of drug-likeness (QED) is 0.726. The van der Waals surface area contributed by atoms with Gasteiger partial charge >= 0.3 is 8.80 Å². The zero-order valence-corrected chi connectivity index (χ0v) is 11.9. The monoisotopic (exact) mass is 247 g/mol. The highest BCUT2D eigenvalue weighted by atomic mass is 28.4. The van der Waals surface area contributed by atoms with Crippen molar-refractivity contribution in [2.45, 2.75) is 44.2 Å². The zero-order valence-electron chi connectivity index (χ0n) is 10.9. The lowest BCUT2D eigenvalue weighted by Crippen LogP contribution is -2.55. The minimum Gasteiger partial charge on any atom is -0.377 e. The van der Waals surface area contributed by atoms with E-state index in [1.165, 1.54) is 19.3 Å². The lowest BCUT2D eigenvalue weighted by molar-refractivity contribution is 0.101. The van der Waals surface area contributed by atoms with Crippen molar-refractivity contribution < 1.29 is 13.3 Å². The summed E-state index contributed by atoms with van der Waals surface area (Å²) >= 11 is 0. The Bertz CT molecular complexity index is 185. The van der Waals surface area contributed by atoms with Gasteiger partial charge in [-0.3, -0.25) is 0 Å². The van der Waals surface area contributed by atoms with E-state index < -0.39 is 8.80 Å². The van der Waals surface area contributed by atoms with Crippen molar-refractivity contribution in [2.75, 3.05) is 27.9 Å². The van der Waals surface area contributed by atoms with Gasteiger partial charge in [0.2, 0.25) is 0 Å². The second-order valence-electron chi connectivity index (χ2n) is 4.29. The Hall–Kier alpha value is 0.0569. The molecule has 2 unspecified atom stereocenters. The number of rotatable bonds is 6. The van der Waals surface area contributed by atoms with Crippen LogP contribution in [0.4, 0.5) is 0 Å². The average Bonchev–Trinajstić information content (AvgIpc) is 2.37. The maximum absolute atomic E-state index is 5.60. The third-order valence-corrected chi connectivity index (χ3v) is 7.01. The van der Waals surface area contributed by atoms with Gasteiger partial charge in [0, 0.05) is 32.9 Å². The minimum absolute atomic E-state index is 0.354. The van der Waals surface area contributed by atoms with Crippen LogP contribution in [0.3, 0.4) is 0 Å². The van der Waals surface area contributed by atoms with Gasteiger partial charge in [-0.05, 0) is 25.8 Å². The molecule has 0 aromatic rings. The van der Waals surface area contributed by atoms with Crippen molar-refractivity contribution in [2.24, 2.45) is 0 Å². The number of hydrogen-bond donors (Lipinski definition) is 1. The fourth-order valence-corrected chi connectivity index (χ4v) is 5.39. The highest BCUT2D eigenvalue weighted by Gasteiger charge is 2.49. The van der Waals surface area contributed by atoms with E-state index in [2.05, 4.69) is 12.2 Å². The van der Waals surface area contributed by atoms with E-state index in [0.29, 0.717) is 11.6 Å². The van der Waals surface area contributed by atoms with Crippen LogP contribution in [0.15, 0.2) is 0 Å². The molecule has 16 heavy (non-hydrogen) atoms. The molecule has 1 aliphatic heterocycles. The van der Waals surface area contributed by atoms with E-state index in [0.717, 1.165) is 13.0 Å². The largest absolute Gasteiger partial charge is 0.505 e. The molecule has 1 rings (SSSR count). The molecule has 2 atom stereocenters. The first-order chi connectivity index (χ1) is 7.74. The van der Waals surface area contributed by atoms with Crippen molar-refractivity contribution in [1.82, 2.24) is 5.32 Å². The Kier molecular flexibility index (Phi) is 5.92. The number of hydrogen-bond acceptors (Lipinski definition) is 4. The van der Waals surface area contributed by atoms with Gasteiger partial charge in [-0.1, -0.05) is 13.3 Å². The number of piperidine rings is 1. The molecule has 0 spiro atoms. The van der Waals surface area contributed by atoms with Crippen molar-refractivity contribution in [3.05, 3.63) is 0 Å². The third kappa shape index (κ3) is 2.84. The second-order valence-corrected chi connectivity index (χ2v) is 7.46. The minimum atomic E-state index is -2.50. The molecule has 1 heterocycles. The maximum Gasteiger partial charge on any atom is 0.505 e. The molecule has 1 aliphatic rings. The summed E-state index contributed by atoms with van der Waals surface area (Å²) in [7, 11) is 2.60. The van der Waals surface area contributed by atoms with Gasteiger partial charge < -0.3 is 18.6 Å². The Morgan fingerprint density at radius 1 is 1.19 bits per heavy atom. The van der Waals surface area contributed by atoms with Gasteiger partial charge in [0.25, 0.3) is 0 Å². The Balaban J connectivity index is 2.76. The molecule has 1 N–H and O–H groups in total. The van der Waals surface area contributed by atoms with E-state index in [4.69, 9.17) is 13.3 Å². The topological polar surface area (TPSA) is 39.7 Å². The predicted octanol–water partition coefficient (Wildman–Crippen LogP) is 1.79. The van der Waals surface area contributed by atoms with Crippen LogP contribution in [-0.4, -0.2) is 42.7 Å². The van der Waals surface area contributed by atoms with Crippen LogP contribution in [0.2, 0.25) is 5.54 Å². The van der Waals surface area contributed by atoms with Gasteiger partial charge in [-0.2, -0.15) is 0 Å². The summed E-state index contributed by atoms with van der Waals surface area (Å²) in [5.74, 6) is 0. The molecule has 5 heteroatoms. The molecule has 1 fully saturated rings. The number of nitrogens with one attached hydrogen (secondary N) is 1. The molecule has 1 saturated heterocycles. The van der Waals surface area contributed by atoms with Crippen LogP contribution >= 0.6 is 0 Å². The van der Waals surface area contributed by atoms with E-state index in [-0.39, 0.29) is 0 Å². The second kappa shape index (κ2) is 6.71. The maximum atomic E-state index is 5.60. The first-order valence-corrected chi connectivity index (χ1v) is 7.93. The molecule has 0 bridgehead atoms. The first-order valence-electron chi connectivity index (χ1n) is 6.12. The lowest BCUT2D eigenvalue weighted by Gasteiger charge is -2.38. The first kappa shape index (κ1) is 14.1. The van der Waals surface area contributed by atoms with Crippen LogP contribution < -0.4 is 5.32 Å². The molecule has 0 saturated carbocycles. The van der Waals surface area contributed by atoms with Crippen LogP contribution in [-0.2, 0) is 13.3 Å². The van der Waals surface area contributed by atoms with E-state index >= 15 is 0 Å². The Labute approximate surface area is 100 Å². The van der Waals surface area contributed by atoms with Crippen molar-refractivity contribution in [1.29, 1.82) is 0 Å². The standard InChI is InChI=1S/C11H25NO3Si/c1-5-11(10-8-6-7-9-12-10)16(13-2,14-3)15-4/h10-12H,5-9H2,1-4H3. The van der Waals surface area contributed by atoms with Gasteiger partial charge in [-0.25, -0.2) is 0 Å². The third-order valence-electron chi connectivity index (χ3n) is 3.58. The fraction of sp³-hybridized carbons (Fsp3) is 1.00. The highest BCUT2D eigenvalue weighted by molar-refractivity contribution is 6.62. The van der Waals surface area contributed by atoms with Crippen LogP contribution in [0, 0.1) is 0 Å². The molecular weight excluding hydrogens is 222 g/mol.